The van der Waals surface area contributed by atoms with Gasteiger partial charge in [-0.25, -0.2) is 8.78 Å². The summed E-state index contributed by atoms with van der Waals surface area (Å²) in [5.41, 5.74) is 2.09. The third-order valence-electron chi connectivity index (χ3n) is 6.57. The summed E-state index contributed by atoms with van der Waals surface area (Å²) in [5, 5.41) is 19.7. The van der Waals surface area contributed by atoms with E-state index in [2.05, 4.69) is 31.0 Å². The highest BCUT2D eigenvalue weighted by Crippen LogP contribution is 2.44. The number of carbonyl (C=O) groups is 2. The summed E-state index contributed by atoms with van der Waals surface area (Å²) in [6, 6.07) is 17.9. The Labute approximate surface area is 238 Å². The van der Waals surface area contributed by atoms with Crippen molar-refractivity contribution in [2.24, 2.45) is 0 Å². The molecule has 1 atom stereocenters. The molecule has 3 aromatic carbocycles. The Kier molecular flexibility index (Phi) is 7.57. The Morgan fingerprint density at radius 1 is 0.975 bits per heavy atom. The van der Waals surface area contributed by atoms with Crippen molar-refractivity contribution in [2.75, 3.05) is 4.90 Å². The second kappa shape index (κ2) is 10.9. The number of anilines is 1. The van der Waals surface area contributed by atoms with Crippen LogP contribution in [0.1, 0.15) is 49.1 Å². The predicted molar refractivity (Wildman–Crippen MR) is 152 cm³/mol. The molecule has 1 aliphatic rings. The summed E-state index contributed by atoms with van der Waals surface area (Å²) in [7, 11) is 0. The third kappa shape index (κ3) is 5.41. The second-order valence-corrected chi connectivity index (χ2v) is 12.5. The van der Waals surface area contributed by atoms with Crippen LogP contribution in [0.25, 0.3) is 5.76 Å². The zero-order valence-corrected chi connectivity index (χ0v) is 23.5. The van der Waals surface area contributed by atoms with Crippen LogP contribution in [0.5, 0.6) is 0 Å². The number of aliphatic hydroxyl groups excluding tert-OH is 1. The fraction of sp³-hybridized carbons (Fsp3) is 0.200. The van der Waals surface area contributed by atoms with Crippen LogP contribution in [0.15, 0.2) is 82.7 Å². The van der Waals surface area contributed by atoms with Crippen LogP contribution in [-0.4, -0.2) is 27.0 Å². The number of halogens is 2. The molecule has 1 saturated heterocycles. The van der Waals surface area contributed by atoms with E-state index in [-0.39, 0.29) is 27.5 Å². The molecule has 1 aliphatic heterocycles. The highest BCUT2D eigenvalue weighted by Gasteiger charge is 2.48. The maximum absolute atomic E-state index is 14.1. The molecule has 0 radical (unpaired) electrons. The van der Waals surface area contributed by atoms with E-state index in [4.69, 9.17) is 0 Å². The average molecular weight is 578 g/mol. The number of Topliss-reactive ketones (excluding diaryl/α,β-unsaturated/α-hetero) is 1. The molecule has 4 aromatic rings. The van der Waals surface area contributed by atoms with Crippen LogP contribution < -0.4 is 4.90 Å². The van der Waals surface area contributed by atoms with Gasteiger partial charge in [-0.1, -0.05) is 86.3 Å². The van der Waals surface area contributed by atoms with Crippen molar-refractivity contribution in [2.45, 2.75) is 42.3 Å². The predicted octanol–water partition coefficient (Wildman–Crippen LogP) is 7.03. The summed E-state index contributed by atoms with van der Waals surface area (Å²) in [6.07, 6.45) is 0. The molecule has 40 heavy (non-hydrogen) atoms. The van der Waals surface area contributed by atoms with Crippen molar-refractivity contribution in [3.63, 3.8) is 0 Å². The third-order valence-corrected chi connectivity index (χ3v) is 8.67. The minimum atomic E-state index is -0.989. The quantitative estimate of drug-likeness (QED) is 0.0871. The summed E-state index contributed by atoms with van der Waals surface area (Å²) in [6.45, 7) is 6.22. The normalized spacial score (nSPS) is 17.0. The summed E-state index contributed by atoms with van der Waals surface area (Å²) < 4.78 is 28.1. The van der Waals surface area contributed by atoms with E-state index in [0.29, 0.717) is 21.2 Å². The molecule has 1 fully saturated rings. The molecule has 0 spiro atoms. The molecule has 5 rings (SSSR count). The Morgan fingerprint density at radius 3 is 2.30 bits per heavy atom. The van der Waals surface area contributed by atoms with Gasteiger partial charge in [0.25, 0.3) is 5.78 Å². The van der Waals surface area contributed by atoms with Gasteiger partial charge in [0.15, 0.2) is 4.34 Å². The molecule has 0 bridgehead atoms. The summed E-state index contributed by atoms with van der Waals surface area (Å²) >= 11 is 2.36. The zero-order valence-electron chi connectivity index (χ0n) is 21.9. The van der Waals surface area contributed by atoms with Gasteiger partial charge in [-0.2, -0.15) is 0 Å². The zero-order chi connectivity index (χ0) is 28.6. The number of thioether (sulfide) groups is 1. The molecule has 0 saturated carbocycles. The van der Waals surface area contributed by atoms with E-state index >= 15 is 0 Å². The maximum atomic E-state index is 14.1. The fourth-order valence-corrected chi connectivity index (χ4v) is 6.24. The number of hydrogen-bond donors (Lipinski definition) is 1. The number of rotatable bonds is 6. The Hall–Kier alpha value is -3.89. The molecular formula is C30H25F2N3O3S2. The van der Waals surface area contributed by atoms with Crippen molar-refractivity contribution < 1.29 is 23.5 Å². The van der Waals surface area contributed by atoms with E-state index in [1.165, 1.54) is 47.0 Å². The van der Waals surface area contributed by atoms with Crippen molar-refractivity contribution in [1.82, 2.24) is 10.2 Å². The number of benzene rings is 3. The Morgan fingerprint density at radius 2 is 1.65 bits per heavy atom. The first-order valence-corrected chi connectivity index (χ1v) is 14.2. The van der Waals surface area contributed by atoms with Crippen LogP contribution >= 0.6 is 23.1 Å². The topological polar surface area (TPSA) is 83.4 Å². The van der Waals surface area contributed by atoms with Crippen LogP contribution in [0.4, 0.5) is 13.9 Å². The first kappa shape index (κ1) is 27.7. The largest absolute Gasteiger partial charge is 0.507 e. The van der Waals surface area contributed by atoms with Gasteiger partial charge in [-0.05, 0) is 52.4 Å². The monoisotopic (exact) mass is 577 g/mol. The van der Waals surface area contributed by atoms with Gasteiger partial charge in [0.2, 0.25) is 5.13 Å². The Balaban J connectivity index is 1.56. The lowest BCUT2D eigenvalue weighted by Crippen LogP contribution is -2.29. The molecule has 1 unspecified atom stereocenters. The van der Waals surface area contributed by atoms with E-state index < -0.39 is 29.3 Å². The lowest BCUT2D eigenvalue weighted by atomic mass is 9.85. The van der Waals surface area contributed by atoms with E-state index in [1.807, 2.05) is 24.3 Å². The van der Waals surface area contributed by atoms with Crippen LogP contribution in [0.3, 0.4) is 0 Å². The minimum absolute atomic E-state index is 0.127. The standard InChI is InChI=1S/C30H25F2N3O3S2/c1-30(2,3)20-12-8-17(9-13-20)24-23(25(36)18-10-14-21(31)15-11-18)26(37)27(38)35(24)28-33-34-29(40-28)39-16-19-6-4-5-7-22(19)32/h4-15,24,36H,16H2,1-3H3/b25-23-. The number of aromatic nitrogens is 2. The molecule has 1 aromatic heterocycles. The molecule has 6 nitrogen and oxygen atoms in total. The minimum Gasteiger partial charge on any atom is -0.507 e. The van der Waals surface area contributed by atoms with Crippen LogP contribution in [-0.2, 0) is 20.8 Å². The first-order chi connectivity index (χ1) is 19.0. The van der Waals surface area contributed by atoms with Gasteiger partial charge < -0.3 is 5.11 Å². The number of ketones is 1. The smallest absolute Gasteiger partial charge is 0.301 e. The second-order valence-electron chi connectivity index (χ2n) is 10.3. The van der Waals surface area contributed by atoms with Gasteiger partial charge in [-0.3, -0.25) is 14.5 Å². The molecular weight excluding hydrogens is 552 g/mol. The number of carbonyl (C=O) groups excluding carboxylic acids is 2. The first-order valence-electron chi connectivity index (χ1n) is 12.4. The number of nitrogens with zero attached hydrogens (tertiary/aromatic N) is 3. The van der Waals surface area contributed by atoms with Crippen molar-refractivity contribution >= 4 is 45.7 Å². The lowest BCUT2D eigenvalue weighted by Gasteiger charge is -2.24. The Bertz CT molecular complexity index is 1610. The van der Waals surface area contributed by atoms with E-state index in [9.17, 15) is 23.5 Å². The fourth-order valence-electron chi connectivity index (χ4n) is 4.39. The molecule has 1 amide bonds. The molecule has 2 heterocycles. The van der Waals surface area contributed by atoms with E-state index in [1.54, 1.807) is 18.2 Å². The summed E-state index contributed by atoms with van der Waals surface area (Å²) in [4.78, 5) is 28.0. The number of aliphatic hydroxyl groups is 1. The van der Waals surface area contributed by atoms with Gasteiger partial charge in [-0.15, -0.1) is 10.2 Å². The van der Waals surface area contributed by atoms with Crippen LogP contribution in [0.2, 0.25) is 0 Å². The highest BCUT2D eigenvalue weighted by molar-refractivity contribution is 8.00. The summed E-state index contributed by atoms with van der Waals surface area (Å²) in [5.74, 6) is -2.68. The number of amides is 1. The van der Waals surface area contributed by atoms with Crippen molar-refractivity contribution in [1.29, 1.82) is 0 Å². The van der Waals surface area contributed by atoms with Crippen molar-refractivity contribution in [3.05, 3.63) is 112 Å². The number of hydrogen-bond acceptors (Lipinski definition) is 7. The molecule has 204 valence electrons. The lowest BCUT2D eigenvalue weighted by molar-refractivity contribution is -0.132. The molecule has 10 heteroatoms. The van der Waals surface area contributed by atoms with Crippen molar-refractivity contribution in [3.8, 4) is 0 Å². The maximum Gasteiger partial charge on any atom is 0.301 e. The highest BCUT2D eigenvalue weighted by atomic mass is 32.2. The van der Waals surface area contributed by atoms with Crippen LogP contribution in [0, 0.1) is 11.6 Å². The van der Waals surface area contributed by atoms with Gasteiger partial charge in [0.1, 0.15) is 17.4 Å². The van der Waals surface area contributed by atoms with Gasteiger partial charge >= 0.3 is 5.91 Å². The average Bonchev–Trinajstić information content (AvgIpc) is 3.50. The van der Waals surface area contributed by atoms with Gasteiger partial charge in [0.05, 0.1) is 11.6 Å². The SMILES string of the molecule is CC(C)(C)c1ccc(C2/C(=C(/O)c3ccc(F)cc3)C(=O)C(=O)N2c2nnc(SCc3ccccc3F)s2)cc1. The van der Waals surface area contributed by atoms with E-state index in [0.717, 1.165) is 16.9 Å². The van der Waals surface area contributed by atoms with Gasteiger partial charge in [0, 0.05) is 11.3 Å². The molecule has 1 N–H and O–H groups in total. The molecule has 0 aliphatic carbocycles.